The lowest BCUT2D eigenvalue weighted by Crippen LogP contribution is -2.38. The van der Waals surface area contributed by atoms with Crippen molar-refractivity contribution in [2.75, 3.05) is 0 Å². The molecule has 2 aromatic rings. The first kappa shape index (κ1) is 20.8. The molecule has 1 N–H and O–H groups in total. The topological polar surface area (TPSA) is 72.5 Å². The zero-order valence-electron chi connectivity index (χ0n) is 16.1. The molecule has 0 saturated carbocycles. The minimum absolute atomic E-state index is 0.113. The molecule has 0 aromatic heterocycles. The second kappa shape index (κ2) is 7.85. The van der Waals surface area contributed by atoms with Gasteiger partial charge in [0.2, 0.25) is 0 Å². The molecule has 150 valence electrons. The standard InChI is InChI=1S/C21H24ClNO4S/c1-21(2,3)27-20(24)17-13-18(28(25,26)14-9-5-4-6-10-14)19(23-17)15-11-7-8-12-16(15)22/h4-12,17-19,23H,13H2,1-3H3/t17-,18-,19-/m0/s1. The van der Waals surface area contributed by atoms with E-state index in [1.54, 1.807) is 75.4 Å². The largest absolute Gasteiger partial charge is 0.459 e. The first-order valence-corrected chi connectivity index (χ1v) is 11.0. The van der Waals surface area contributed by atoms with E-state index >= 15 is 0 Å². The number of hydrogen-bond donors (Lipinski definition) is 1. The third kappa shape index (κ3) is 4.40. The van der Waals surface area contributed by atoms with E-state index in [9.17, 15) is 13.2 Å². The maximum absolute atomic E-state index is 13.3. The van der Waals surface area contributed by atoms with Crippen molar-refractivity contribution in [2.45, 2.75) is 55.0 Å². The fourth-order valence-electron chi connectivity index (χ4n) is 3.41. The SMILES string of the molecule is CC(C)(C)OC(=O)[C@@H]1C[C@H](S(=O)(=O)c2ccccc2)[C@H](c2ccccc2Cl)N1. The zero-order valence-corrected chi connectivity index (χ0v) is 17.6. The summed E-state index contributed by atoms with van der Waals surface area (Å²) in [6.07, 6.45) is 0.113. The van der Waals surface area contributed by atoms with E-state index in [2.05, 4.69) is 5.32 Å². The number of hydrogen-bond acceptors (Lipinski definition) is 5. The van der Waals surface area contributed by atoms with Crippen molar-refractivity contribution < 1.29 is 17.9 Å². The minimum Gasteiger partial charge on any atom is -0.459 e. The van der Waals surface area contributed by atoms with Crippen molar-refractivity contribution in [3.05, 3.63) is 65.2 Å². The first-order valence-electron chi connectivity index (χ1n) is 9.12. The van der Waals surface area contributed by atoms with E-state index in [1.165, 1.54) is 0 Å². The number of benzene rings is 2. The molecule has 3 rings (SSSR count). The van der Waals surface area contributed by atoms with Gasteiger partial charge in [-0.15, -0.1) is 0 Å². The lowest BCUT2D eigenvalue weighted by Gasteiger charge is -2.23. The fraction of sp³-hybridized carbons (Fsp3) is 0.381. The van der Waals surface area contributed by atoms with Crippen LogP contribution in [0.2, 0.25) is 5.02 Å². The average molecular weight is 422 g/mol. The Morgan fingerprint density at radius 1 is 1.07 bits per heavy atom. The highest BCUT2D eigenvalue weighted by Gasteiger charge is 2.47. The van der Waals surface area contributed by atoms with Gasteiger partial charge in [0, 0.05) is 5.02 Å². The molecule has 5 nitrogen and oxygen atoms in total. The van der Waals surface area contributed by atoms with Crippen LogP contribution in [-0.4, -0.2) is 31.3 Å². The van der Waals surface area contributed by atoms with E-state index in [0.717, 1.165) is 0 Å². The average Bonchev–Trinajstić information content (AvgIpc) is 3.08. The third-order valence-corrected chi connectivity index (χ3v) is 7.16. The van der Waals surface area contributed by atoms with E-state index in [-0.39, 0.29) is 11.3 Å². The van der Waals surface area contributed by atoms with Gasteiger partial charge in [-0.1, -0.05) is 48.0 Å². The number of rotatable bonds is 4. The van der Waals surface area contributed by atoms with Gasteiger partial charge in [0.05, 0.1) is 16.2 Å². The molecule has 1 aliphatic heterocycles. The van der Waals surface area contributed by atoms with Crippen LogP contribution in [0.1, 0.15) is 38.8 Å². The minimum atomic E-state index is -3.69. The maximum Gasteiger partial charge on any atom is 0.323 e. The van der Waals surface area contributed by atoms with Crippen LogP contribution < -0.4 is 5.32 Å². The fourth-order valence-corrected chi connectivity index (χ4v) is 5.57. The summed E-state index contributed by atoms with van der Waals surface area (Å²) in [4.78, 5) is 12.8. The van der Waals surface area contributed by atoms with Gasteiger partial charge in [-0.25, -0.2) is 8.42 Å². The molecular weight excluding hydrogens is 398 g/mol. The van der Waals surface area contributed by atoms with Crippen LogP contribution in [0.15, 0.2) is 59.5 Å². The molecule has 0 amide bonds. The van der Waals surface area contributed by atoms with Crippen LogP contribution in [-0.2, 0) is 19.4 Å². The Morgan fingerprint density at radius 3 is 2.29 bits per heavy atom. The highest BCUT2D eigenvalue weighted by Crippen LogP contribution is 2.38. The van der Waals surface area contributed by atoms with E-state index in [4.69, 9.17) is 16.3 Å². The Balaban J connectivity index is 2.00. The van der Waals surface area contributed by atoms with Crippen molar-refractivity contribution in [2.24, 2.45) is 0 Å². The molecule has 2 aromatic carbocycles. The molecule has 1 saturated heterocycles. The highest BCUT2D eigenvalue weighted by molar-refractivity contribution is 7.92. The zero-order chi connectivity index (χ0) is 20.5. The third-order valence-electron chi connectivity index (χ3n) is 4.62. The van der Waals surface area contributed by atoms with Crippen LogP contribution in [0.25, 0.3) is 0 Å². The van der Waals surface area contributed by atoms with Crippen LogP contribution in [0.3, 0.4) is 0 Å². The number of halogens is 1. The summed E-state index contributed by atoms with van der Waals surface area (Å²) in [7, 11) is -3.69. The van der Waals surface area contributed by atoms with Gasteiger partial charge in [0.25, 0.3) is 0 Å². The lowest BCUT2D eigenvalue weighted by atomic mass is 10.0. The van der Waals surface area contributed by atoms with Gasteiger partial charge in [-0.3, -0.25) is 10.1 Å². The van der Waals surface area contributed by atoms with Gasteiger partial charge >= 0.3 is 5.97 Å². The Labute approximate surface area is 171 Å². The van der Waals surface area contributed by atoms with Crippen molar-refractivity contribution in [1.29, 1.82) is 0 Å². The summed E-state index contributed by atoms with van der Waals surface area (Å²) in [5.74, 6) is -0.463. The highest BCUT2D eigenvalue weighted by atomic mass is 35.5. The number of carbonyl (C=O) groups excluding carboxylic acids is 1. The summed E-state index contributed by atoms with van der Waals surface area (Å²) >= 11 is 6.35. The molecule has 0 aliphatic carbocycles. The van der Waals surface area contributed by atoms with Gasteiger partial charge in [-0.05, 0) is 51.0 Å². The predicted octanol–water partition coefficient (Wildman–Crippen LogP) is 3.93. The molecule has 0 radical (unpaired) electrons. The summed E-state index contributed by atoms with van der Waals surface area (Å²) in [6.45, 7) is 5.34. The normalized spacial score (nSPS) is 22.8. The monoisotopic (exact) mass is 421 g/mol. The van der Waals surface area contributed by atoms with Crippen molar-refractivity contribution in [3.8, 4) is 0 Å². The van der Waals surface area contributed by atoms with Crippen LogP contribution >= 0.6 is 11.6 Å². The Kier molecular flexibility index (Phi) is 5.84. The van der Waals surface area contributed by atoms with E-state index in [0.29, 0.717) is 10.6 Å². The van der Waals surface area contributed by atoms with Crippen molar-refractivity contribution in [3.63, 3.8) is 0 Å². The summed E-state index contributed by atoms with van der Waals surface area (Å²) in [5.41, 5.74) is -0.00517. The molecule has 0 spiro atoms. The van der Waals surface area contributed by atoms with Crippen LogP contribution in [0.5, 0.6) is 0 Å². The Bertz CT molecular complexity index is 954. The van der Waals surface area contributed by atoms with Gasteiger partial charge in [0.1, 0.15) is 11.6 Å². The smallest absolute Gasteiger partial charge is 0.323 e. The van der Waals surface area contributed by atoms with Crippen LogP contribution in [0, 0.1) is 0 Å². The number of esters is 1. The van der Waals surface area contributed by atoms with E-state index < -0.39 is 38.7 Å². The molecule has 28 heavy (non-hydrogen) atoms. The van der Waals surface area contributed by atoms with Gasteiger partial charge in [-0.2, -0.15) is 0 Å². The number of carbonyl (C=O) groups is 1. The molecule has 1 aliphatic rings. The first-order chi connectivity index (χ1) is 13.1. The summed E-state index contributed by atoms with van der Waals surface area (Å²) in [5, 5.41) is 2.77. The number of nitrogens with one attached hydrogen (secondary N) is 1. The van der Waals surface area contributed by atoms with Crippen LogP contribution in [0.4, 0.5) is 0 Å². The quantitative estimate of drug-likeness (QED) is 0.757. The van der Waals surface area contributed by atoms with Crippen molar-refractivity contribution >= 4 is 27.4 Å². The van der Waals surface area contributed by atoms with Gasteiger partial charge in [0.15, 0.2) is 9.84 Å². The molecule has 0 unspecified atom stereocenters. The second-order valence-corrected chi connectivity index (χ2v) is 10.5. The molecule has 3 atom stereocenters. The summed E-state index contributed by atoms with van der Waals surface area (Å²) in [6, 6.07) is 14.0. The Morgan fingerprint density at radius 2 is 1.68 bits per heavy atom. The van der Waals surface area contributed by atoms with Crippen molar-refractivity contribution in [1.82, 2.24) is 5.32 Å². The molecule has 7 heteroatoms. The summed E-state index contributed by atoms with van der Waals surface area (Å²) < 4.78 is 32.2. The van der Waals surface area contributed by atoms with E-state index in [1.807, 2.05) is 0 Å². The maximum atomic E-state index is 13.3. The molecular formula is C21H24ClNO4S. The molecule has 1 fully saturated rings. The lowest BCUT2D eigenvalue weighted by molar-refractivity contribution is -0.157. The number of ether oxygens (including phenoxy) is 1. The van der Waals surface area contributed by atoms with Gasteiger partial charge < -0.3 is 4.74 Å². The molecule has 1 heterocycles. The Hall–Kier alpha value is -1.89. The second-order valence-electron chi connectivity index (χ2n) is 7.88. The predicted molar refractivity (Wildman–Crippen MR) is 109 cm³/mol. The number of sulfone groups is 1. The molecule has 0 bridgehead atoms.